The first-order valence-electron chi connectivity index (χ1n) is 20.2. The Balaban J connectivity index is 1.47. The molecular weight excluding hydrogens is 628 g/mol. The number of hydrogen-bond acceptors (Lipinski definition) is 6. The summed E-state index contributed by atoms with van der Waals surface area (Å²) in [6, 6.07) is 0. The summed E-state index contributed by atoms with van der Waals surface area (Å²) < 4.78 is 0. The highest BCUT2D eigenvalue weighted by Gasteiger charge is 2.72. The molecule has 0 aromatic carbocycles. The number of carboxylic acid groups (broad SMARTS) is 1. The van der Waals surface area contributed by atoms with Gasteiger partial charge in [0.15, 0.2) is 6.10 Å². The summed E-state index contributed by atoms with van der Waals surface area (Å²) in [7, 11) is 0. The SMILES string of the molecule is C=C(C)[C@@H]1CC[C@]2(C(=O)N(CCCCCCCN)C(=O)CC[C@@H](O)C(=O)O)CC[C@]3(C)[C@H](CCC4[C@@]5(C)CC[C@H](O)C(C)(C)[C@@H]5CC[C@]43C)[C@@H]12. The molecule has 2 amide bonds. The molecule has 5 saturated carbocycles. The number of amides is 2. The minimum atomic E-state index is -1.63. The Bertz CT molecular complexity index is 1300. The number of hydrogen-bond donors (Lipinski definition) is 4. The molecule has 0 saturated heterocycles. The molecule has 0 spiro atoms. The monoisotopic (exact) mass is 699 g/mol. The van der Waals surface area contributed by atoms with Crippen LogP contribution >= 0.6 is 0 Å². The van der Waals surface area contributed by atoms with Crippen LogP contribution in [0.2, 0.25) is 0 Å². The smallest absolute Gasteiger partial charge is 0.332 e. The number of aliphatic carboxylic acids is 1. The first-order chi connectivity index (χ1) is 23.4. The number of nitrogens with zero attached hydrogens (tertiary/aromatic N) is 1. The number of aliphatic hydroxyl groups is 2. The molecule has 8 nitrogen and oxygen atoms in total. The number of nitrogens with two attached hydrogens (primary N) is 1. The Labute approximate surface area is 302 Å². The molecule has 284 valence electrons. The molecule has 5 N–H and O–H groups in total. The van der Waals surface area contributed by atoms with Gasteiger partial charge in [0.2, 0.25) is 11.8 Å². The van der Waals surface area contributed by atoms with Crippen LogP contribution in [0.25, 0.3) is 0 Å². The predicted octanol–water partition coefficient (Wildman–Crippen LogP) is 7.50. The van der Waals surface area contributed by atoms with Gasteiger partial charge in [-0.15, -0.1) is 0 Å². The fourth-order valence-corrected chi connectivity index (χ4v) is 13.6. The van der Waals surface area contributed by atoms with Crippen molar-refractivity contribution in [3.8, 4) is 0 Å². The van der Waals surface area contributed by atoms with E-state index in [-0.39, 0.29) is 64.3 Å². The second-order valence-electron chi connectivity index (χ2n) is 19.0. The quantitative estimate of drug-likeness (QED) is 0.115. The molecule has 0 bridgehead atoms. The zero-order valence-corrected chi connectivity index (χ0v) is 32.3. The molecule has 5 aliphatic carbocycles. The van der Waals surface area contributed by atoms with Gasteiger partial charge in [-0.25, -0.2) is 4.79 Å². The highest BCUT2D eigenvalue weighted by Crippen LogP contribution is 2.77. The van der Waals surface area contributed by atoms with E-state index in [4.69, 9.17) is 5.73 Å². The molecule has 5 fully saturated rings. The van der Waals surface area contributed by atoms with Crippen LogP contribution in [0.1, 0.15) is 151 Å². The van der Waals surface area contributed by atoms with Crippen molar-refractivity contribution in [2.45, 2.75) is 163 Å². The molecule has 5 aliphatic rings. The number of carboxylic acids is 1. The summed E-state index contributed by atoms with van der Waals surface area (Å²) in [5, 5.41) is 30.4. The molecule has 0 radical (unpaired) electrons. The summed E-state index contributed by atoms with van der Waals surface area (Å²) in [5.41, 5.74) is 6.42. The van der Waals surface area contributed by atoms with Gasteiger partial charge in [-0.2, -0.15) is 0 Å². The number of carbonyl (C=O) groups excluding carboxylic acids is 2. The fourth-order valence-electron chi connectivity index (χ4n) is 13.6. The van der Waals surface area contributed by atoms with E-state index in [1.807, 2.05) is 0 Å². The second-order valence-corrected chi connectivity index (χ2v) is 19.0. The first-order valence-corrected chi connectivity index (χ1v) is 20.2. The van der Waals surface area contributed by atoms with E-state index in [9.17, 15) is 24.9 Å². The van der Waals surface area contributed by atoms with Crippen LogP contribution < -0.4 is 5.73 Å². The number of imide groups is 1. The molecule has 1 unspecified atom stereocenters. The van der Waals surface area contributed by atoms with Crippen molar-refractivity contribution in [1.29, 1.82) is 0 Å². The number of rotatable bonds is 13. The van der Waals surface area contributed by atoms with Crippen molar-refractivity contribution >= 4 is 17.8 Å². The third-order valence-electron chi connectivity index (χ3n) is 16.5. The third kappa shape index (κ3) is 6.33. The minimum absolute atomic E-state index is 0.0417. The van der Waals surface area contributed by atoms with Gasteiger partial charge in [-0.1, -0.05) is 66.0 Å². The van der Waals surface area contributed by atoms with Crippen molar-refractivity contribution in [3.63, 3.8) is 0 Å². The van der Waals surface area contributed by atoms with E-state index >= 15 is 4.79 Å². The van der Waals surface area contributed by atoms with Crippen LogP contribution in [0.3, 0.4) is 0 Å². The van der Waals surface area contributed by atoms with E-state index in [2.05, 4.69) is 48.1 Å². The van der Waals surface area contributed by atoms with E-state index in [0.717, 1.165) is 95.5 Å². The van der Waals surface area contributed by atoms with Gasteiger partial charge in [0.05, 0.1) is 11.5 Å². The Kier molecular flexibility index (Phi) is 11.5. The van der Waals surface area contributed by atoms with Crippen LogP contribution in [0.4, 0.5) is 0 Å². The van der Waals surface area contributed by atoms with E-state index in [0.29, 0.717) is 37.3 Å². The van der Waals surface area contributed by atoms with Gasteiger partial charge < -0.3 is 21.1 Å². The van der Waals surface area contributed by atoms with Crippen LogP contribution in [0.5, 0.6) is 0 Å². The van der Waals surface area contributed by atoms with Crippen LogP contribution in [-0.2, 0) is 14.4 Å². The molecular formula is C42H70N2O6. The lowest BCUT2D eigenvalue weighted by molar-refractivity contribution is -0.247. The number of allylic oxidation sites excluding steroid dienone is 1. The van der Waals surface area contributed by atoms with Gasteiger partial charge in [0.25, 0.3) is 0 Å². The molecule has 0 aromatic heterocycles. The van der Waals surface area contributed by atoms with Crippen molar-refractivity contribution < 1.29 is 29.7 Å². The number of aliphatic hydroxyl groups excluding tert-OH is 2. The van der Waals surface area contributed by atoms with Crippen LogP contribution in [0, 0.1) is 56.7 Å². The molecule has 0 aliphatic heterocycles. The Hall–Kier alpha value is -1.77. The Morgan fingerprint density at radius 1 is 0.840 bits per heavy atom. The maximum absolute atomic E-state index is 15.2. The number of carbonyl (C=O) groups is 3. The lowest BCUT2D eigenvalue weighted by Gasteiger charge is -2.72. The average molecular weight is 699 g/mol. The van der Waals surface area contributed by atoms with E-state index in [1.165, 1.54) is 4.90 Å². The lowest BCUT2D eigenvalue weighted by Crippen LogP contribution is -2.67. The summed E-state index contributed by atoms with van der Waals surface area (Å²) in [6.07, 6.45) is 12.1. The van der Waals surface area contributed by atoms with Gasteiger partial charge in [0, 0.05) is 13.0 Å². The van der Waals surface area contributed by atoms with Gasteiger partial charge in [-0.3, -0.25) is 14.5 Å². The summed E-state index contributed by atoms with van der Waals surface area (Å²) in [4.78, 5) is 42.0. The third-order valence-corrected chi connectivity index (χ3v) is 16.5. The van der Waals surface area contributed by atoms with Gasteiger partial charge in [-0.05, 0) is 148 Å². The predicted molar refractivity (Wildman–Crippen MR) is 197 cm³/mol. The van der Waals surface area contributed by atoms with Crippen LogP contribution in [0.15, 0.2) is 12.2 Å². The summed E-state index contributed by atoms with van der Waals surface area (Å²) in [6.45, 7) is 19.9. The van der Waals surface area contributed by atoms with E-state index < -0.39 is 17.5 Å². The molecule has 0 heterocycles. The zero-order chi connectivity index (χ0) is 36.9. The maximum Gasteiger partial charge on any atom is 0.332 e. The van der Waals surface area contributed by atoms with Gasteiger partial charge in [0.1, 0.15) is 0 Å². The lowest BCUT2D eigenvalue weighted by atomic mass is 9.32. The maximum atomic E-state index is 15.2. The Morgan fingerprint density at radius 2 is 1.52 bits per heavy atom. The molecule has 8 heteroatoms. The number of fused-ring (bicyclic) bond motifs is 7. The largest absolute Gasteiger partial charge is 0.479 e. The number of unbranched alkanes of at least 4 members (excludes halogenated alkanes) is 4. The normalized spacial score (nSPS) is 40.8. The second kappa shape index (κ2) is 14.6. The Morgan fingerprint density at radius 3 is 2.18 bits per heavy atom. The van der Waals surface area contributed by atoms with Crippen molar-refractivity contribution in [2.75, 3.05) is 13.1 Å². The summed E-state index contributed by atoms with van der Waals surface area (Å²) in [5.74, 6) is -0.0309. The summed E-state index contributed by atoms with van der Waals surface area (Å²) >= 11 is 0. The molecule has 11 atom stereocenters. The zero-order valence-electron chi connectivity index (χ0n) is 32.3. The standard InChI is InChI=1S/C42H70N2O6/c1-27(2)28-17-22-42(37(50)44(26-12-10-8-9-11-25-43)34(47)16-14-30(45)36(48)49)24-23-40(6)29(35(28)42)13-15-32-39(5)20-19-33(46)38(3,4)31(39)18-21-41(32,40)7/h28-33,35,45-46H,1,8-26,43H2,2-7H3,(H,48,49)/t28-,29+,30+,31-,32?,33-,35+,39-,40+,41+,42-/m0/s1. The average Bonchev–Trinajstić information content (AvgIpc) is 3.46. The van der Waals surface area contributed by atoms with Crippen molar-refractivity contribution in [1.82, 2.24) is 4.90 Å². The molecule has 5 rings (SSSR count). The minimum Gasteiger partial charge on any atom is -0.479 e. The topological polar surface area (TPSA) is 141 Å². The molecule has 0 aromatic rings. The van der Waals surface area contributed by atoms with Crippen molar-refractivity contribution in [2.24, 2.45) is 62.4 Å². The van der Waals surface area contributed by atoms with E-state index in [1.54, 1.807) is 0 Å². The van der Waals surface area contributed by atoms with Crippen LogP contribution in [-0.4, -0.2) is 63.3 Å². The molecule has 50 heavy (non-hydrogen) atoms. The van der Waals surface area contributed by atoms with Crippen molar-refractivity contribution in [3.05, 3.63) is 12.2 Å². The highest BCUT2D eigenvalue weighted by molar-refractivity contribution is 5.98. The van der Waals surface area contributed by atoms with Gasteiger partial charge >= 0.3 is 5.97 Å². The fraction of sp³-hybridized carbons (Fsp3) is 0.881. The highest BCUT2D eigenvalue weighted by atomic mass is 16.4. The first kappa shape index (κ1) is 39.4.